The van der Waals surface area contributed by atoms with Crippen molar-refractivity contribution < 1.29 is 48.8 Å². The fourth-order valence-corrected chi connectivity index (χ4v) is 3.00. The van der Waals surface area contributed by atoms with Gasteiger partial charge in [0.05, 0.1) is 19.3 Å². The molecule has 1 aliphatic rings. The molecule has 31 heavy (non-hydrogen) atoms. The molecule has 2 atom stereocenters. The fourth-order valence-electron chi connectivity index (χ4n) is 3.00. The lowest BCUT2D eigenvalue weighted by molar-refractivity contribution is -0.158. The molecule has 0 spiro atoms. The van der Waals surface area contributed by atoms with Gasteiger partial charge in [0, 0.05) is 19.5 Å². The van der Waals surface area contributed by atoms with Gasteiger partial charge in [0.1, 0.15) is 18.7 Å². The molecule has 1 heterocycles. The van der Waals surface area contributed by atoms with Gasteiger partial charge in [-0.3, -0.25) is 28.8 Å². The zero-order chi connectivity index (χ0) is 23.6. The summed E-state index contributed by atoms with van der Waals surface area (Å²) in [4.78, 5) is 71.4. The Kier molecular flexibility index (Phi) is 10.2. The van der Waals surface area contributed by atoms with Crippen LogP contribution in [0.2, 0.25) is 0 Å². The summed E-state index contributed by atoms with van der Waals surface area (Å²) in [5.41, 5.74) is 0. The van der Waals surface area contributed by atoms with Crippen LogP contribution in [0, 0.1) is 0 Å². The predicted octanol–water partition coefficient (Wildman–Crippen LogP) is -0.282. The molecule has 2 unspecified atom stereocenters. The second kappa shape index (κ2) is 12.3. The summed E-state index contributed by atoms with van der Waals surface area (Å²) >= 11 is 0. The second-order valence-electron chi connectivity index (χ2n) is 6.85. The maximum Gasteiger partial charge on any atom is 0.323 e. The highest BCUT2D eigenvalue weighted by Gasteiger charge is 2.38. The van der Waals surface area contributed by atoms with E-state index in [2.05, 4.69) is 0 Å². The number of carbonyl (C=O) groups is 6. The van der Waals surface area contributed by atoms with Crippen molar-refractivity contribution in [2.24, 2.45) is 0 Å². The number of piperazine rings is 1. The summed E-state index contributed by atoms with van der Waals surface area (Å²) in [5, 5.41) is 26.6. The number of ether oxygens (including phenoxy) is 1. The lowest BCUT2D eigenvalue weighted by Gasteiger charge is -2.39. The van der Waals surface area contributed by atoms with Crippen molar-refractivity contribution in [2.75, 3.05) is 19.6 Å². The molecule has 1 rings (SSSR count). The van der Waals surface area contributed by atoms with Gasteiger partial charge in [-0.1, -0.05) is 19.1 Å². The van der Waals surface area contributed by atoms with Crippen LogP contribution < -0.4 is 0 Å². The first-order valence-electron chi connectivity index (χ1n) is 9.63. The molecular weight excluding hydrogens is 416 g/mol. The van der Waals surface area contributed by atoms with Crippen LogP contribution in [0.25, 0.3) is 0 Å². The first kappa shape index (κ1) is 25.6. The predicted molar refractivity (Wildman–Crippen MR) is 103 cm³/mol. The van der Waals surface area contributed by atoms with Gasteiger partial charge in [-0.25, -0.2) is 0 Å². The van der Waals surface area contributed by atoms with Crippen LogP contribution in [0.4, 0.5) is 0 Å². The van der Waals surface area contributed by atoms with Crippen molar-refractivity contribution >= 4 is 35.7 Å². The third-order valence-electron chi connectivity index (χ3n) is 4.50. The molecule has 1 aliphatic heterocycles. The molecule has 0 aromatic heterocycles. The summed E-state index contributed by atoms with van der Waals surface area (Å²) in [7, 11) is 0. The average Bonchev–Trinajstić information content (AvgIpc) is 2.66. The van der Waals surface area contributed by atoms with Crippen LogP contribution in [0.1, 0.15) is 39.0 Å². The van der Waals surface area contributed by atoms with E-state index in [0.717, 1.165) is 9.80 Å². The van der Waals surface area contributed by atoms with Gasteiger partial charge >= 0.3 is 23.9 Å². The Balaban J connectivity index is 2.65. The number of carboxylic acid groups (broad SMARTS) is 3. The Morgan fingerprint density at radius 3 is 2.23 bits per heavy atom. The first-order valence-corrected chi connectivity index (χ1v) is 9.63. The van der Waals surface area contributed by atoms with E-state index < -0.39 is 60.8 Å². The van der Waals surface area contributed by atoms with Gasteiger partial charge < -0.3 is 29.9 Å². The fraction of sp³-hybridized carbons (Fsp3) is 0.579. The van der Waals surface area contributed by atoms with Gasteiger partial charge in [0.25, 0.3) is 0 Å². The number of carboxylic acids is 3. The van der Waals surface area contributed by atoms with E-state index in [1.807, 2.05) is 0 Å². The van der Waals surface area contributed by atoms with Crippen LogP contribution in [0.5, 0.6) is 0 Å². The van der Waals surface area contributed by atoms with E-state index in [1.54, 1.807) is 6.92 Å². The molecule has 12 heteroatoms. The highest BCUT2D eigenvalue weighted by atomic mass is 16.5. The van der Waals surface area contributed by atoms with Gasteiger partial charge in [0.2, 0.25) is 11.8 Å². The Morgan fingerprint density at radius 1 is 1.03 bits per heavy atom. The molecular formula is C19H26N2O10. The summed E-state index contributed by atoms with van der Waals surface area (Å²) in [6.45, 7) is 1.05. The van der Waals surface area contributed by atoms with Crippen molar-refractivity contribution in [3.05, 3.63) is 12.2 Å². The molecule has 0 bridgehead atoms. The minimum atomic E-state index is -1.31. The van der Waals surface area contributed by atoms with Crippen LogP contribution in [0.3, 0.4) is 0 Å². The molecule has 0 aliphatic carbocycles. The van der Waals surface area contributed by atoms with E-state index in [9.17, 15) is 28.8 Å². The van der Waals surface area contributed by atoms with Gasteiger partial charge in [-0.15, -0.1) is 0 Å². The van der Waals surface area contributed by atoms with E-state index in [1.165, 1.54) is 12.2 Å². The first-order chi connectivity index (χ1) is 14.5. The Morgan fingerprint density at radius 2 is 1.68 bits per heavy atom. The quantitative estimate of drug-likeness (QED) is 0.269. The van der Waals surface area contributed by atoms with Gasteiger partial charge in [-0.2, -0.15) is 0 Å². The molecule has 1 saturated heterocycles. The molecule has 0 saturated carbocycles. The SMILES string of the molecule is CCC(CC(=O)O)OC(=O)C/C=C/CC(=O)N1CCN(CC(=O)O)C(=O)C1CC(=O)O. The molecule has 1 fully saturated rings. The molecule has 172 valence electrons. The van der Waals surface area contributed by atoms with E-state index >= 15 is 0 Å². The minimum Gasteiger partial charge on any atom is -0.481 e. The van der Waals surface area contributed by atoms with E-state index in [0.29, 0.717) is 6.42 Å². The van der Waals surface area contributed by atoms with E-state index in [-0.39, 0.29) is 32.4 Å². The summed E-state index contributed by atoms with van der Waals surface area (Å²) in [5.74, 6) is -5.59. The average molecular weight is 442 g/mol. The zero-order valence-electron chi connectivity index (χ0n) is 17.1. The van der Waals surface area contributed by atoms with Crippen LogP contribution in [-0.4, -0.2) is 92.6 Å². The summed E-state index contributed by atoms with van der Waals surface area (Å²) < 4.78 is 5.02. The lowest BCUT2D eigenvalue weighted by Crippen LogP contribution is -2.60. The smallest absolute Gasteiger partial charge is 0.323 e. The number of esters is 1. The molecule has 0 aromatic carbocycles. The largest absolute Gasteiger partial charge is 0.481 e. The van der Waals surface area contributed by atoms with Gasteiger partial charge in [0.15, 0.2) is 0 Å². The van der Waals surface area contributed by atoms with Crippen LogP contribution in [0.15, 0.2) is 12.2 Å². The standard InChI is InChI=1S/C19H26N2O10/c1-2-12(9-15(23)24)31-18(29)6-4-3-5-14(22)21-8-7-20(11-17(27)28)19(30)13(21)10-16(25)26/h3-4,12-13H,2,5-11H2,1H3,(H,23,24)(H,25,26)(H,27,28)/b4-3+. The Hall–Kier alpha value is -3.44. The highest BCUT2D eigenvalue weighted by molar-refractivity contribution is 5.93. The molecule has 0 aromatic rings. The number of aliphatic carboxylic acids is 3. The summed E-state index contributed by atoms with van der Waals surface area (Å²) in [6, 6.07) is -1.31. The normalized spacial score (nSPS) is 17.5. The van der Waals surface area contributed by atoms with Gasteiger partial charge in [-0.05, 0) is 6.42 Å². The maximum atomic E-state index is 12.5. The third-order valence-corrected chi connectivity index (χ3v) is 4.50. The Bertz CT molecular complexity index is 748. The monoisotopic (exact) mass is 442 g/mol. The number of amides is 2. The molecule has 3 N–H and O–H groups in total. The Labute approximate surface area is 178 Å². The molecule has 2 amide bonds. The number of hydrogen-bond acceptors (Lipinski definition) is 7. The van der Waals surface area contributed by atoms with Crippen molar-refractivity contribution in [3.63, 3.8) is 0 Å². The summed E-state index contributed by atoms with van der Waals surface area (Å²) in [6.07, 6.45) is 0.971. The molecule has 0 radical (unpaired) electrons. The van der Waals surface area contributed by atoms with Crippen LogP contribution >= 0.6 is 0 Å². The van der Waals surface area contributed by atoms with Crippen LogP contribution in [-0.2, 0) is 33.5 Å². The second-order valence-corrected chi connectivity index (χ2v) is 6.85. The maximum absolute atomic E-state index is 12.5. The minimum absolute atomic E-state index is 0.0148. The van der Waals surface area contributed by atoms with E-state index in [4.69, 9.17) is 20.1 Å². The van der Waals surface area contributed by atoms with Crippen molar-refractivity contribution in [1.29, 1.82) is 0 Å². The van der Waals surface area contributed by atoms with Crippen molar-refractivity contribution in [3.8, 4) is 0 Å². The number of nitrogens with zero attached hydrogens (tertiary/aromatic N) is 2. The van der Waals surface area contributed by atoms with Crippen molar-refractivity contribution in [2.45, 2.75) is 51.2 Å². The van der Waals surface area contributed by atoms with Crippen molar-refractivity contribution in [1.82, 2.24) is 9.80 Å². The number of carbonyl (C=O) groups excluding carboxylic acids is 3. The zero-order valence-corrected chi connectivity index (χ0v) is 17.1. The highest BCUT2D eigenvalue weighted by Crippen LogP contribution is 2.16. The third kappa shape index (κ3) is 8.84. The lowest BCUT2D eigenvalue weighted by atomic mass is 10.1. The number of hydrogen-bond donors (Lipinski definition) is 3. The molecule has 12 nitrogen and oxygen atoms in total. The topological polar surface area (TPSA) is 179 Å². The number of rotatable bonds is 12.